The van der Waals surface area contributed by atoms with Crippen LogP contribution >= 0.6 is 27.5 Å². The van der Waals surface area contributed by atoms with Crippen LogP contribution in [0.3, 0.4) is 0 Å². The average molecular weight is 497 g/mol. The Kier molecular flexibility index (Phi) is 8.68. The normalized spacial score (nSPS) is 11.5. The summed E-state index contributed by atoms with van der Waals surface area (Å²) in [4.78, 5) is 38.3. The second-order valence-corrected chi connectivity index (χ2v) is 8.04. The third kappa shape index (κ3) is 6.74. The highest BCUT2D eigenvalue weighted by Crippen LogP contribution is 2.24. The molecule has 3 N–H and O–H groups in total. The molecule has 0 aromatic heterocycles. The summed E-state index contributed by atoms with van der Waals surface area (Å²) in [6.07, 6.45) is 0.0544. The lowest BCUT2D eigenvalue weighted by molar-refractivity contribution is -0.132. The molecule has 3 amide bonds. The van der Waals surface area contributed by atoms with Crippen LogP contribution in [0.1, 0.15) is 28.8 Å². The van der Waals surface area contributed by atoms with Crippen LogP contribution in [0.5, 0.6) is 5.75 Å². The highest BCUT2D eigenvalue weighted by atomic mass is 79.9. The SMILES string of the molecule is COc1ccc(Br)cc1CN(C)C(=O)[C@@H](CCC(N)=O)NC(=O)c1ccc(Cl)cc1. The summed E-state index contributed by atoms with van der Waals surface area (Å²) in [5, 5.41) is 3.19. The molecular weight excluding hydrogens is 474 g/mol. The molecule has 160 valence electrons. The molecule has 0 aliphatic carbocycles. The Morgan fingerprint density at radius 3 is 2.47 bits per heavy atom. The van der Waals surface area contributed by atoms with Crippen molar-refractivity contribution >= 4 is 45.3 Å². The van der Waals surface area contributed by atoms with Crippen LogP contribution in [0.2, 0.25) is 5.02 Å². The number of carbonyl (C=O) groups is 3. The fourth-order valence-electron chi connectivity index (χ4n) is 2.86. The Hall–Kier alpha value is -2.58. The number of nitrogens with two attached hydrogens (primary N) is 1. The Morgan fingerprint density at radius 1 is 1.20 bits per heavy atom. The number of rotatable bonds is 9. The van der Waals surface area contributed by atoms with Crippen molar-refractivity contribution in [3.05, 3.63) is 63.1 Å². The molecule has 2 rings (SSSR count). The smallest absolute Gasteiger partial charge is 0.251 e. The molecule has 0 saturated heterocycles. The molecule has 0 unspecified atom stereocenters. The lowest BCUT2D eigenvalue weighted by Crippen LogP contribution is -2.47. The minimum atomic E-state index is -0.913. The average Bonchev–Trinajstić information content (AvgIpc) is 2.71. The van der Waals surface area contributed by atoms with Crippen molar-refractivity contribution in [2.75, 3.05) is 14.2 Å². The van der Waals surface area contributed by atoms with Crippen molar-refractivity contribution in [3.63, 3.8) is 0 Å². The van der Waals surface area contributed by atoms with Gasteiger partial charge in [-0.25, -0.2) is 0 Å². The predicted molar refractivity (Wildman–Crippen MR) is 118 cm³/mol. The maximum Gasteiger partial charge on any atom is 0.251 e. The number of carbonyl (C=O) groups excluding carboxylic acids is 3. The van der Waals surface area contributed by atoms with E-state index in [4.69, 9.17) is 22.1 Å². The van der Waals surface area contributed by atoms with Gasteiger partial charge in [-0.15, -0.1) is 0 Å². The van der Waals surface area contributed by atoms with Gasteiger partial charge in [0.2, 0.25) is 11.8 Å². The highest BCUT2D eigenvalue weighted by Gasteiger charge is 2.25. The minimum absolute atomic E-state index is 0.0364. The first-order valence-corrected chi connectivity index (χ1v) is 10.3. The molecule has 2 aromatic rings. The Bertz CT molecular complexity index is 921. The molecule has 0 saturated carbocycles. The number of amides is 3. The van der Waals surface area contributed by atoms with Crippen molar-refractivity contribution in [1.29, 1.82) is 0 Å². The summed E-state index contributed by atoms with van der Waals surface area (Å²) in [6, 6.07) is 10.9. The quantitative estimate of drug-likeness (QED) is 0.557. The third-order valence-corrected chi connectivity index (χ3v) is 5.16. The summed E-state index contributed by atoms with van der Waals surface area (Å²) in [7, 11) is 3.17. The summed E-state index contributed by atoms with van der Waals surface area (Å²) >= 11 is 9.26. The van der Waals surface area contributed by atoms with Gasteiger partial charge in [-0.3, -0.25) is 14.4 Å². The number of hydrogen-bond acceptors (Lipinski definition) is 4. The number of primary amides is 1. The second kappa shape index (κ2) is 11.0. The number of nitrogens with zero attached hydrogens (tertiary/aromatic N) is 1. The lowest BCUT2D eigenvalue weighted by Gasteiger charge is -2.25. The molecule has 30 heavy (non-hydrogen) atoms. The summed E-state index contributed by atoms with van der Waals surface area (Å²) in [6.45, 7) is 0.255. The van der Waals surface area contributed by atoms with E-state index in [-0.39, 0.29) is 25.3 Å². The summed E-state index contributed by atoms with van der Waals surface area (Å²) in [5.41, 5.74) is 6.39. The van der Waals surface area contributed by atoms with Gasteiger partial charge in [0, 0.05) is 40.6 Å². The van der Waals surface area contributed by atoms with Crippen LogP contribution < -0.4 is 15.8 Å². The predicted octanol–water partition coefficient (Wildman–Crippen LogP) is 3.13. The topological polar surface area (TPSA) is 102 Å². The molecule has 0 heterocycles. The van der Waals surface area contributed by atoms with E-state index in [0.717, 1.165) is 10.0 Å². The molecule has 0 spiro atoms. The van der Waals surface area contributed by atoms with Crippen LogP contribution in [0.25, 0.3) is 0 Å². The largest absolute Gasteiger partial charge is 0.496 e. The van der Waals surface area contributed by atoms with Crippen LogP contribution in [0.4, 0.5) is 0 Å². The van der Waals surface area contributed by atoms with E-state index in [2.05, 4.69) is 21.2 Å². The van der Waals surface area contributed by atoms with Crippen molar-refractivity contribution in [1.82, 2.24) is 10.2 Å². The molecule has 0 aliphatic heterocycles. The zero-order chi connectivity index (χ0) is 22.3. The summed E-state index contributed by atoms with van der Waals surface area (Å²) < 4.78 is 6.20. The standard InChI is InChI=1S/C21H23BrClN3O4/c1-26(12-14-11-15(22)5-9-18(14)30-2)21(29)17(8-10-19(24)27)25-20(28)13-3-6-16(23)7-4-13/h3-7,9,11,17H,8,10,12H2,1-2H3,(H2,24,27)(H,25,28)/t17-/m1/s1. The van der Waals surface area contributed by atoms with Gasteiger partial charge in [0.05, 0.1) is 7.11 Å². The maximum absolute atomic E-state index is 13.1. The van der Waals surface area contributed by atoms with E-state index < -0.39 is 17.9 Å². The molecule has 0 aliphatic rings. The first-order valence-electron chi connectivity index (χ1n) is 9.13. The fourth-order valence-corrected chi connectivity index (χ4v) is 3.39. The van der Waals surface area contributed by atoms with Gasteiger partial charge in [0.1, 0.15) is 11.8 Å². The molecule has 7 nitrogen and oxygen atoms in total. The first-order chi connectivity index (χ1) is 14.2. The first kappa shape index (κ1) is 23.7. The number of nitrogens with one attached hydrogen (secondary N) is 1. The number of benzene rings is 2. The fraction of sp³-hybridized carbons (Fsp3) is 0.286. The molecule has 9 heteroatoms. The minimum Gasteiger partial charge on any atom is -0.496 e. The van der Waals surface area contributed by atoms with Crippen LogP contribution in [-0.2, 0) is 16.1 Å². The van der Waals surface area contributed by atoms with Crippen LogP contribution in [0.15, 0.2) is 46.9 Å². The van der Waals surface area contributed by atoms with Crippen LogP contribution in [0, 0.1) is 0 Å². The Labute approximate surface area is 188 Å². The van der Waals surface area contributed by atoms with E-state index >= 15 is 0 Å². The zero-order valence-electron chi connectivity index (χ0n) is 16.7. The van der Waals surface area contributed by atoms with Gasteiger partial charge < -0.3 is 20.7 Å². The molecule has 0 bridgehead atoms. The number of hydrogen-bond donors (Lipinski definition) is 2. The molecule has 1 atom stereocenters. The summed E-state index contributed by atoms with van der Waals surface area (Å²) in [5.74, 6) is -0.704. The molecule has 0 radical (unpaired) electrons. The van der Waals surface area contributed by atoms with E-state index in [1.165, 1.54) is 4.90 Å². The van der Waals surface area contributed by atoms with Crippen LogP contribution in [-0.4, -0.2) is 42.8 Å². The van der Waals surface area contributed by atoms with E-state index in [1.807, 2.05) is 12.1 Å². The molecule has 0 fully saturated rings. The van der Waals surface area contributed by atoms with Gasteiger partial charge in [-0.2, -0.15) is 0 Å². The van der Waals surface area contributed by atoms with E-state index in [0.29, 0.717) is 16.3 Å². The molecular formula is C21H23BrClN3O4. The Morgan fingerprint density at radius 2 is 1.87 bits per heavy atom. The van der Waals surface area contributed by atoms with E-state index in [1.54, 1.807) is 44.5 Å². The van der Waals surface area contributed by atoms with Crippen molar-refractivity contribution in [2.45, 2.75) is 25.4 Å². The monoisotopic (exact) mass is 495 g/mol. The zero-order valence-corrected chi connectivity index (χ0v) is 19.0. The van der Waals surface area contributed by atoms with Crippen molar-refractivity contribution < 1.29 is 19.1 Å². The maximum atomic E-state index is 13.1. The van der Waals surface area contributed by atoms with Crippen molar-refractivity contribution in [3.8, 4) is 5.75 Å². The number of likely N-dealkylation sites (N-methyl/N-ethyl adjacent to an activating group) is 1. The van der Waals surface area contributed by atoms with Gasteiger partial charge in [-0.05, 0) is 48.9 Å². The van der Waals surface area contributed by atoms with Gasteiger partial charge >= 0.3 is 0 Å². The highest BCUT2D eigenvalue weighted by molar-refractivity contribution is 9.10. The number of halogens is 2. The number of ether oxygens (including phenoxy) is 1. The second-order valence-electron chi connectivity index (χ2n) is 6.69. The third-order valence-electron chi connectivity index (χ3n) is 4.42. The van der Waals surface area contributed by atoms with Gasteiger partial charge in [0.15, 0.2) is 0 Å². The molecule has 2 aromatic carbocycles. The van der Waals surface area contributed by atoms with Gasteiger partial charge in [0.25, 0.3) is 5.91 Å². The lowest BCUT2D eigenvalue weighted by atomic mass is 10.1. The number of methoxy groups -OCH3 is 1. The Balaban J connectivity index is 2.17. The van der Waals surface area contributed by atoms with Crippen molar-refractivity contribution in [2.24, 2.45) is 5.73 Å². The van der Waals surface area contributed by atoms with E-state index in [9.17, 15) is 14.4 Å². The van der Waals surface area contributed by atoms with Gasteiger partial charge in [-0.1, -0.05) is 27.5 Å².